The van der Waals surface area contributed by atoms with Crippen LogP contribution < -0.4 is 9.47 Å². The van der Waals surface area contributed by atoms with Gasteiger partial charge in [-0.25, -0.2) is 4.98 Å². The molecule has 1 aromatic carbocycles. The lowest BCUT2D eigenvalue weighted by molar-refractivity contribution is 0.343. The molecular formula is C15H11BrClNO3. The molecule has 1 N–H and O–H groups in total. The van der Waals surface area contributed by atoms with Crippen LogP contribution in [0.25, 0.3) is 5.76 Å². The van der Waals surface area contributed by atoms with Crippen molar-refractivity contribution in [2.45, 2.75) is 6.42 Å². The summed E-state index contributed by atoms with van der Waals surface area (Å²) in [7, 11) is 1.50. The van der Waals surface area contributed by atoms with Gasteiger partial charge in [0.05, 0.1) is 12.7 Å². The fraction of sp³-hybridized carbons (Fsp3) is 0.133. The van der Waals surface area contributed by atoms with E-state index in [0.717, 1.165) is 10.0 Å². The number of aliphatic hydroxyl groups excluding tert-OH is 1. The predicted molar refractivity (Wildman–Crippen MR) is 83.8 cm³/mol. The molecule has 0 radical (unpaired) electrons. The van der Waals surface area contributed by atoms with E-state index in [4.69, 9.17) is 21.1 Å². The average molecular weight is 369 g/mol. The molecule has 6 heteroatoms. The number of halogens is 2. The largest absolute Gasteiger partial charge is 0.508 e. The van der Waals surface area contributed by atoms with Gasteiger partial charge >= 0.3 is 0 Å². The summed E-state index contributed by atoms with van der Waals surface area (Å²) in [5.74, 6) is 1.45. The number of benzene rings is 1. The second kappa shape index (κ2) is 5.58. The number of hydrogen-bond donors (Lipinski definition) is 1. The highest BCUT2D eigenvalue weighted by molar-refractivity contribution is 9.10. The van der Waals surface area contributed by atoms with Crippen molar-refractivity contribution in [3.8, 4) is 11.6 Å². The van der Waals surface area contributed by atoms with Crippen molar-refractivity contribution < 1.29 is 14.6 Å². The van der Waals surface area contributed by atoms with Crippen molar-refractivity contribution in [3.05, 3.63) is 56.8 Å². The predicted octanol–water partition coefficient (Wildman–Crippen LogP) is 4.37. The van der Waals surface area contributed by atoms with Crippen LogP contribution >= 0.6 is 27.5 Å². The highest BCUT2D eigenvalue weighted by Gasteiger charge is 2.25. The molecule has 1 aliphatic rings. The van der Waals surface area contributed by atoms with Gasteiger partial charge in [0, 0.05) is 22.5 Å². The van der Waals surface area contributed by atoms with E-state index in [2.05, 4.69) is 20.9 Å². The van der Waals surface area contributed by atoms with Crippen molar-refractivity contribution >= 4 is 33.3 Å². The summed E-state index contributed by atoms with van der Waals surface area (Å²) in [6.07, 6.45) is 0.286. The lowest BCUT2D eigenvalue weighted by Gasteiger charge is -2.22. The fourth-order valence-electron chi connectivity index (χ4n) is 2.16. The number of aliphatic hydroxyl groups is 1. The van der Waals surface area contributed by atoms with E-state index < -0.39 is 0 Å². The van der Waals surface area contributed by atoms with Crippen molar-refractivity contribution in [2.75, 3.05) is 7.11 Å². The van der Waals surface area contributed by atoms with Crippen LogP contribution in [-0.2, 0) is 6.42 Å². The zero-order chi connectivity index (χ0) is 15.0. The molecule has 0 unspecified atom stereocenters. The molecule has 0 fully saturated rings. The van der Waals surface area contributed by atoms with Gasteiger partial charge in [0.15, 0.2) is 5.76 Å². The molecule has 2 aromatic rings. The lowest BCUT2D eigenvalue weighted by Crippen LogP contribution is -2.11. The standard InChI is InChI=1S/C15H11BrClNO3/c1-20-15-10-6-11(19)14(8-2-4-9(16)5-3-8)21-12(10)7-13(17)18-15/h2-5,7,19H,6H2,1H3. The zero-order valence-corrected chi connectivity index (χ0v) is 13.4. The number of fused-ring (bicyclic) bond motifs is 1. The van der Waals surface area contributed by atoms with Gasteiger partial charge in [0.1, 0.15) is 16.7 Å². The minimum atomic E-state index is 0.132. The van der Waals surface area contributed by atoms with Gasteiger partial charge in [-0.05, 0) is 24.3 Å². The fourth-order valence-corrected chi connectivity index (χ4v) is 2.60. The summed E-state index contributed by atoms with van der Waals surface area (Å²) in [5, 5.41) is 10.5. The van der Waals surface area contributed by atoms with Gasteiger partial charge in [-0.1, -0.05) is 27.5 Å². The van der Waals surface area contributed by atoms with E-state index in [1.165, 1.54) is 7.11 Å². The van der Waals surface area contributed by atoms with E-state index in [1.807, 2.05) is 24.3 Å². The third-order valence-corrected chi connectivity index (χ3v) is 3.85. The smallest absolute Gasteiger partial charge is 0.221 e. The first-order chi connectivity index (χ1) is 10.1. The molecule has 1 aliphatic heterocycles. The topological polar surface area (TPSA) is 51.6 Å². The van der Waals surface area contributed by atoms with Crippen LogP contribution in [-0.4, -0.2) is 17.2 Å². The van der Waals surface area contributed by atoms with Crippen LogP contribution in [0.15, 0.2) is 40.6 Å². The van der Waals surface area contributed by atoms with E-state index in [9.17, 15) is 5.11 Å². The average Bonchev–Trinajstić information content (AvgIpc) is 2.47. The zero-order valence-electron chi connectivity index (χ0n) is 11.1. The first-order valence-corrected chi connectivity index (χ1v) is 7.35. The molecule has 0 atom stereocenters. The highest BCUT2D eigenvalue weighted by Crippen LogP contribution is 2.39. The quantitative estimate of drug-likeness (QED) is 0.800. The lowest BCUT2D eigenvalue weighted by atomic mass is 10.0. The maximum absolute atomic E-state index is 10.3. The molecule has 0 amide bonds. The molecule has 0 spiro atoms. The Kier molecular flexibility index (Phi) is 3.78. The molecule has 0 bridgehead atoms. The number of aromatic nitrogens is 1. The Morgan fingerprint density at radius 3 is 2.71 bits per heavy atom. The van der Waals surface area contributed by atoms with Crippen LogP contribution in [0.2, 0.25) is 5.15 Å². The number of pyridine rings is 1. The minimum Gasteiger partial charge on any atom is -0.508 e. The van der Waals surface area contributed by atoms with Crippen molar-refractivity contribution in [2.24, 2.45) is 0 Å². The molecule has 2 heterocycles. The molecule has 108 valence electrons. The second-order valence-electron chi connectivity index (χ2n) is 4.49. The number of rotatable bonds is 2. The molecule has 3 rings (SSSR count). The molecule has 21 heavy (non-hydrogen) atoms. The summed E-state index contributed by atoms with van der Waals surface area (Å²) < 4.78 is 11.9. The number of hydrogen-bond acceptors (Lipinski definition) is 4. The second-order valence-corrected chi connectivity index (χ2v) is 5.80. The molecular weight excluding hydrogens is 358 g/mol. The number of allylic oxidation sites excluding steroid dienone is 1. The summed E-state index contributed by atoms with van der Waals surface area (Å²) in [6, 6.07) is 9.11. The first kappa shape index (κ1) is 14.2. The number of nitrogens with zero attached hydrogens (tertiary/aromatic N) is 1. The molecule has 1 aromatic heterocycles. The van der Waals surface area contributed by atoms with Gasteiger partial charge in [-0.15, -0.1) is 0 Å². The third kappa shape index (κ3) is 2.71. The van der Waals surface area contributed by atoms with Crippen LogP contribution in [0.3, 0.4) is 0 Å². The molecule has 0 saturated carbocycles. The number of ether oxygens (including phenoxy) is 2. The summed E-state index contributed by atoms with van der Waals surface area (Å²) in [5.41, 5.74) is 1.47. The molecule has 4 nitrogen and oxygen atoms in total. The maximum Gasteiger partial charge on any atom is 0.221 e. The summed E-state index contributed by atoms with van der Waals surface area (Å²) >= 11 is 9.33. The van der Waals surface area contributed by atoms with Gasteiger partial charge in [-0.2, -0.15) is 0 Å². The Labute approximate surface area is 135 Å². The minimum absolute atomic E-state index is 0.132. The van der Waals surface area contributed by atoms with Crippen molar-refractivity contribution in [1.29, 1.82) is 0 Å². The van der Waals surface area contributed by atoms with Crippen LogP contribution in [0, 0.1) is 0 Å². The Morgan fingerprint density at radius 1 is 1.33 bits per heavy atom. The van der Waals surface area contributed by atoms with Gasteiger partial charge in [-0.3, -0.25) is 0 Å². The Morgan fingerprint density at radius 2 is 2.05 bits per heavy atom. The Hall–Kier alpha value is -1.72. The maximum atomic E-state index is 10.3. The van der Waals surface area contributed by atoms with Crippen LogP contribution in [0.5, 0.6) is 11.6 Å². The van der Waals surface area contributed by atoms with Crippen molar-refractivity contribution in [3.63, 3.8) is 0 Å². The van der Waals surface area contributed by atoms with Gasteiger partial charge < -0.3 is 14.6 Å². The van der Waals surface area contributed by atoms with Gasteiger partial charge in [0.2, 0.25) is 5.88 Å². The van der Waals surface area contributed by atoms with E-state index in [-0.39, 0.29) is 17.3 Å². The van der Waals surface area contributed by atoms with E-state index in [1.54, 1.807) is 6.07 Å². The van der Waals surface area contributed by atoms with E-state index >= 15 is 0 Å². The molecule has 0 aliphatic carbocycles. The van der Waals surface area contributed by atoms with Crippen LogP contribution in [0.4, 0.5) is 0 Å². The summed E-state index contributed by atoms with van der Waals surface area (Å²) in [6.45, 7) is 0. The number of methoxy groups -OCH3 is 1. The highest BCUT2D eigenvalue weighted by atomic mass is 79.9. The Bertz CT molecular complexity index is 728. The Balaban J connectivity index is 2.04. The van der Waals surface area contributed by atoms with Crippen molar-refractivity contribution in [1.82, 2.24) is 4.98 Å². The monoisotopic (exact) mass is 367 g/mol. The normalized spacial score (nSPS) is 13.7. The molecule has 0 saturated heterocycles. The summed E-state index contributed by atoms with van der Waals surface area (Å²) in [4.78, 5) is 4.07. The van der Waals surface area contributed by atoms with Gasteiger partial charge in [0.25, 0.3) is 0 Å². The van der Waals surface area contributed by atoms with E-state index in [0.29, 0.717) is 23.0 Å². The first-order valence-electron chi connectivity index (χ1n) is 6.18. The third-order valence-electron chi connectivity index (χ3n) is 3.13. The van der Waals surface area contributed by atoms with Crippen LogP contribution in [0.1, 0.15) is 11.1 Å². The SMILES string of the molecule is COc1nc(Cl)cc2c1CC(O)=C(c1ccc(Br)cc1)O2.